The number of carbonyl (C=O) groups is 2. The molecule has 0 unspecified atom stereocenters. The van der Waals surface area contributed by atoms with Gasteiger partial charge < -0.3 is 19.9 Å². The number of methoxy groups -OCH3 is 1. The number of nitrogens with one attached hydrogen (secondary N) is 1. The van der Waals surface area contributed by atoms with Gasteiger partial charge in [0.05, 0.1) is 7.11 Å². The Kier molecular flexibility index (Phi) is 5.72. The maximum absolute atomic E-state index is 12.7. The van der Waals surface area contributed by atoms with Gasteiger partial charge in [-0.2, -0.15) is 0 Å². The van der Waals surface area contributed by atoms with Crippen LogP contribution in [0.5, 0.6) is 5.75 Å². The Morgan fingerprint density at radius 3 is 2.42 bits per heavy atom. The second kappa shape index (κ2) is 8.18. The van der Waals surface area contributed by atoms with Crippen LogP contribution in [0.3, 0.4) is 0 Å². The summed E-state index contributed by atoms with van der Waals surface area (Å²) in [5.74, 6) is 0.697. The summed E-state index contributed by atoms with van der Waals surface area (Å²) in [6, 6.07) is 7.53. The zero-order valence-corrected chi connectivity index (χ0v) is 15.7. The van der Waals surface area contributed by atoms with Crippen LogP contribution < -0.4 is 10.1 Å². The first-order valence-electron chi connectivity index (χ1n) is 8.54. The third kappa shape index (κ3) is 3.96. The lowest BCUT2D eigenvalue weighted by molar-refractivity contribution is 0.0660. The van der Waals surface area contributed by atoms with E-state index in [1.807, 2.05) is 31.2 Å². The topological polar surface area (TPSA) is 74.8 Å². The van der Waals surface area contributed by atoms with Gasteiger partial charge in [-0.15, -0.1) is 11.3 Å². The monoisotopic (exact) mass is 374 g/mol. The van der Waals surface area contributed by atoms with E-state index in [-0.39, 0.29) is 11.9 Å². The standard InChI is InChI=1S/C18H22N4O3S/c1-3-19-18(24)22-10-8-21(9-11-22)17(23)15-12-26-16(20-15)13-4-6-14(25-2)7-5-13/h4-7,12H,3,8-11H2,1-2H3,(H,19,24). The number of ether oxygens (including phenoxy) is 1. The Morgan fingerprint density at radius 2 is 1.81 bits per heavy atom. The summed E-state index contributed by atoms with van der Waals surface area (Å²) >= 11 is 1.45. The highest BCUT2D eigenvalue weighted by atomic mass is 32.1. The van der Waals surface area contributed by atoms with Gasteiger partial charge in [0, 0.05) is 43.7 Å². The van der Waals surface area contributed by atoms with Gasteiger partial charge in [-0.3, -0.25) is 4.79 Å². The molecule has 3 rings (SSSR count). The molecule has 1 aliphatic heterocycles. The molecule has 1 saturated heterocycles. The Morgan fingerprint density at radius 1 is 1.15 bits per heavy atom. The van der Waals surface area contributed by atoms with Crippen LogP contribution in [0, 0.1) is 0 Å². The summed E-state index contributed by atoms with van der Waals surface area (Å²) in [4.78, 5) is 32.5. The fraction of sp³-hybridized carbons (Fsp3) is 0.389. The third-order valence-electron chi connectivity index (χ3n) is 4.24. The van der Waals surface area contributed by atoms with Crippen LogP contribution in [-0.4, -0.2) is 66.6 Å². The van der Waals surface area contributed by atoms with Gasteiger partial charge in [0.15, 0.2) is 0 Å². The van der Waals surface area contributed by atoms with E-state index >= 15 is 0 Å². The van der Waals surface area contributed by atoms with E-state index in [1.165, 1.54) is 11.3 Å². The molecule has 138 valence electrons. The summed E-state index contributed by atoms with van der Waals surface area (Å²) in [6.45, 7) is 4.60. The number of piperazine rings is 1. The quantitative estimate of drug-likeness (QED) is 0.891. The van der Waals surface area contributed by atoms with E-state index in [0.717, 1.165) is 16.3 Å². The number of thiazole rings is 1. The minimum atomic E-state index is -0.0865. The molecular formula is C18H22N4O3S. The number of benzene rings is 1. The molecule has 1 aromatic heterocycles. The number of hydrogen-bond acceptors (Lipinski definition) is 5. The average molecular weight is 374 g/mol. The largest absolute Gasteiger partial charge is 0.497 e. The maximum atomic E-state index is 12.7. The van der Waals surface area contributed by atoms with Crippen molar-refractivity contribution in [3.8, 4) is 16.3 Å². The molecule has 3 amide bonds. The molecule has 2 aromatic rings. The summed E-state index contributed by atoms with van der Waals surface area (Å²) in [5, 5.41) is 5.38. The van der Waals surface area contributed by atoms with Gasteiger partial charge in [0.1, 0.15) is 16.5 Å². The highest BCUT2D eigenvalue weighted by Gasteiger charge is 2.26. The normalized spacial score (nSPS) is 14.2. The molecule has 1 aliphatic rings. The van der Waals surface area contributed by atoms with Gasteiger partial charge in [-0.05, 0) is 31.2 Å². The Hall–Kier alpha value is -2.61. The fourth-order valence-corrected chi connectivity index (χ4v) is 3.58. The molecular weight excluding hydrogens is 352 g/mol. The Bertz CT molecular complexity index is 767. The lowest BCUT2D eigenvalue weighted by Crippen LogP contribution is -2.53. The average Bonchev–Trinajstić information content (AvgIpc) is 3.18. The van der Waals surface area contributed by atoms with Crippen molar-refractivity contribution in [1.29, 1.82) is 0 Å². The SMILES string of the molecule is CCNC(=O)N1CCN(C(=O)c2csc(-c3ccc(OC)cc3)n2)CC1. The van der Waals surface area contributed by atoms with Crippen molar-refractivity contribution < 1.29 is 14.3 Å². The molecule has 0 spiro atoms. The number of carbonyl (C=O) groups excluding carboxylic acids is 2. The summed E-state index contributed by atoms with van der Waals surface area (Å²) in [5.41, 5.74) is 1.41. The third-order valence-corrected chi connectivity index (χ3v) is 5.13. The predicted molar refractivity (Wildman–Crippen MR) is 101 cm³/mol. The first kappa shape index (κ1) is 18.2. The van der Waals surface area contributed by atoms with E-state index in [1.54, 1.807) is 22.3 Å². The van der Waals surface area contributed by atoms with Crippen LogP contribution >= 0.6 is 11.3 Å². The van der Waals surface area contributed by atoms with Gasteiger partial charge in [0.2, 0.25) is 0 Å². The van der Waals surface area contributed by atoms with E-state index in [9.17, 15) is 9.59 Å². The van der Waals surface area contributed by atoms with Crippen LogP contribution in [0.15, 0.2) is 29.6 Å². The molecule has 0 bridgehead atoms. The molecule has 1 N–H and O–H groups in total. The molecule has 0 atom stereocenters. The Labute approximate surface area is 156 Å². The summed E-state index contributed by atoms with van der Waals surface area (Å²) < 4.78 is 5.16. The second-order valence-electron chi connectivity index (χ2n) is 5.88. The highest BCUT2D eigenvalue weighted by Crippen LogP contribution is 2.26. The van der Waals surface area contributed by atoms with Crippen molar-refractivity contribution >= 4 is 23.3 Å². The molecule has 0 radical (unpaired) electrons. The molecule has 26 heavy (non-hydrogen) atoms. The smallest absolute Gasteiger partial charge is 0.317 e. The number of nitrogens with zero attached hydrogens (tertiary/aromatic N) is 3. The van der Waals surface area contributed by atoms with Crippen molar-refractivity contribution in [3.05, 3.63) is 35.3 Å². The van der Waals surface area contributed by atoms with Crippen LogP contribution in [0.25, 0.3) is 10.6 Å². The Balaban J connectivity index is 1.62. The van der Waals surface area contributed by atoms with E-state index in [2.05, 4.69) is 10.3 Å². The lowest BCUT2D eigenvalue weighted by atomic mass is 10.2. The number of urea groups is 1. The molecule has 8 heteroatoms. The molecule has 1 fully saturated rings. The minimum absolute atomic E-state index is 0.0740. The second-order valence-corrected chi connectivity index (χ2v) is 6.74. The first-order chi connectivity index (χ1) is 12.6. The minimum Gasteiger partial charge on any atom is -0.497 e. The number of hydrogen-bond donors (Lipinski definition) is 1. The molecule has 0 aliphatic carbocycles. The van der Waals surface area contributed by atoms with E-state index < -0.39 is 0 Å². The van der Waals surface area contributed by atoms with E-state index in [0.29, 0.717) is 38.4 Å². The van der Waals surface area contributed by atoms with Gasteiger partial charge in [0.25, 0.3) is 5.91 Å². The zero-order valence-electron chi connectivity index (χ0n) is 14.9. The van der Waals surface area contributed by atoms with Crippen molar-refractivity contribution in [2.75, 3.05) is 39.8 Å². The van der Waals surface area contributed by atoms with E-state index in [4.69, 9.17) is 4.74 Å². The molecule has 7 nitrogen and oxygen atoms in total. The number of rotatable bonds is 4. The van der Waals surface area contributed by atoms with Crippen LogP contribution in [0.1, 0.15) is 17.4 Å². The fourth-order valence-electron chi connectivity index (χ4n) is 2.78. The highest BCUT2D eigenvalue weighted by molar-refractivity contribution is 7.13. The number of amides is 3. The lowest BCUT2D eigenvalue weighted by Gasteiger charge is -2.34. The van der Waals surface area contributed by atoms with Crippen molar-refractivity contribution in [2.24, 2.45) is 0 Å². The van der Waals surface area contributed by atoms with Gasteiger partial charge >= 0.3 is 6.03 Å². The maximum Gasteiger partial charge on any atom is 0.317 e. The van der Waals surface area contributed by atoms with Crippen molar-refractivity contribution in [1.82, 2.24) is 20.1 Å². The summed E-state index contributed by atoms with van der Waals surface area (Å²) in [6.07, 6.45) is 0. The molecule has 2 heterocycles. The summed E-state index contributed by atoms with van der Waals surface area (Å²) in [7, 11) is 1.63. The van der Waals surface area contributed by atoms with Crippen LogP contribution in [-0.2, 0) is 0 Å². The molecule has 1 aromatic carbocycles. The van der Waals surface area contributed by atoms with Crippen LogP contribution in [0.4, 0.5) is 4.79 Å². The number of aromatic nitrogens is 1. The zero-order chi connectivity index (χ0) is 18.5. The predicted octanol–water partition coefficient (Wildman–Crippen LogP) is 2.31. The molecule has 0 saturated carbocycles. The first-order valence-corrected chi connectivity index (χ1v) is 9.42. The van der Waals surface area contributed by atoms with Crippen LogP contribution in [0.2, 0.25) is 0 Å². The van der Waals surface area contributed by atoms with Gasteiger partial charge in [-0.1, -0.05) is 0 Å². The van der Waals surface area contributed by atoms with Gasteiger partial charge in [-0.25, -0.2) is 9.78 Å². The van der Waals surface area contributed by atoms with Crippen molar-refractivity contribution in [3.63, 3.8) is 0 Å². The van der Waals surface area contributed by atoms with Crippen molar-refractivity contribution in [2.45, 2.75) is 6.92 Å².